The normalized spacial score (nSPS) is 10.6. The van der Waals surface area contributed by atoms with E-state index in [4.69, 9.17) is 19.9 Å². The Hall–Kier alpha value is -1.26. The van der Waals surface area contributed by atoms with E-state index in [0.717, 1.165) is 29.0 Å². The number of aryl methyl sites for hydroxylation is 1. The van der Waals surface area contributed by atoms with Crippen molar-refractivity contribution < 1.29 is 14.2 Å². The molecule has 18 heavy (non-hydrogen) atoms. The maximum absolute atomic E-state index is 5.86. The summed E-state index contributed by atoms with van der Waals surface area (Å²) < 4.78 is 16.0. The Kier molecular flexibility index (Phi) is 6.54. The summed E-state index contributed by atoms with van der Waals surface area (Å²) in [5.74, 6) is 0.895. The smallest absolute Gasteiger partial charge is 0.127 e. The third-order valence-electron chi connectivity index (χ3n) is 2.76. The second-order valence-corrected chi connectivity index (χ2v) is 4.23. The van der Waals surface area contributed by atoms with Crippen LogP contribution < -0.4 is 10.5 Å². The lowest BCUT2D eigenvalue weighted by molar-refractivity contribution is 0.0644. The molecule has 102 valence electrons. The van der Waals surface area contributed by atoms with Gasteiger partial charge in [0.15, 0.2) is 0 Å². The highest BCUT2D eigenvalue weighted by molar-refractivity contribution is 5.56. The predicted octanol–water partition coefficient (Wildman–Crippen LogP) is 2.32. The molecule has 0 saturated heterocycles. The van der Waals surface area contributed by atoms with Gasteiger partial charge in [-0.3, -0.25) is 0 Å². The molecule has 0 aliphatic rings. The molecule has 0 saturated carbocycles. The van der Waals surface area contributed by atoms with Crippen molar-refractivity contribution in [1.82, 2.24) is 0 Å². The molecule has 0 bridgehead atoms. The van der Waals surface area contributed by atoms with Crippen LogP contribution in [0.3, 0.4) is 0 Å². The van der Waals surface area contributed by atoms with E-state index in [2.05, 4.69) is 0 Å². The SMILES string of the molecule is COCCOCCCOc1c(C)ccc(N)c1C. The van der Waals surface area contributed by atoms with Gasteiger partial charge in [-0.25, -0.2) is 0 Å². The molecule has 0 fully saturated rings. The van der Waals surface area contributed by atoms with Crippen LogP contribution in [0.5, 0.6) is 5.75 Å². The number of nitrogen functional groups attached to an aromatic ring is 1. The Balaban J connectivity index is 2.29. The molecule has 1 rings (SSSR count). The first kappa shape index (κ1) is 14.8. The molecule has 0 amide bonds. The number of benzene rings is 1. The third kappa shape index (κ3) is 4.55. The quantitative estimate of drug-likeness (QED) is 0.570. The number of hydrogen-bond donors (Lipinski definition) is 1. The molecule has 2 N–H and O–H groups in total. The van der Waals surface area contributed by atoms with Gasteiger partial charge in [0.1, 0.15) is 5.75 Å². The first-order chi connectivity index (χ1) is 8.66. The molecule has 4 nitrogen and oxygen atoms in total. The van der Waals surface area contributed by atoms with Gasteiger partial charge in [0, 0.05) is 31.4 Å². The van der Waals surface area contributed by atoms with Crippen LogP contribution in [0.1, 0.15) is 17.5 Å². The van der Waals surface area contributed by atoms with E-state index in [0.29, 0.717) is 26.4 Å². The highest BCUT2D eigenvalue weighted by atomic mass is 16.5. The molecule has 4 heteroatoms. The van der Waals surface area contributed by atoms with Crippen LogP contribution in [-0.2, 0) is 9.47 Å². The number of hydrogen-bond acceptors (Lipinski definition) is 4. The molecular weight excluding hydrogens is 230 g/mol. The summed E-state index contributed by atoms with van der Waals surface area (Å²) in [6.07, 6.45) is 0.859. The highest BCUT2D eigenvalue weighted by Gasteiger charge is 2.06. The number of methoxy groups -OCH3 is 1. The minimum atomic E-state index is 0.632. The lowest BCUT2D eigenvalue weighted by atomic mass is 10.1. The fourth-order valence-corrected chi connectivity index (χ4v) is 1.64. The Bertz CT molecular complexity index is 366. The van der Waals surface area contributed by atoms with E-state index in [-0.39, 0.29) is 0 Å². The number of ether oxygens (including phenoxy) is 3. The zero-order valence-corrected chi connectivity index (χ0v) is 11.5. The highest BCUT2D eigenvalue weighted by Crippen LogP contribution is 2.27. The lowest BCUT2D eigenvalue weighted by Gasteiger charge is -2.13. The molecule has 1 aromatic rings. The second-order valence-electron chi connectivity index (χ2n) is 4.23. The minimum Gasteiger partial charge on any atom is -0.493 e. The number of nitrogens with two attached hydrogens (primary N) is 1. The maximum atomic E-state index is 5.86. The van der Waals surface area contributed by atoms with Crippen molar-refractivity contribution in [2.45, 2.75) is 20.3 Å². The van der Waals surface area contributed by atoms with Crippen molar-refractivity contribution in [2.24, 2.45) is 0 Å². The Morgan fingerprint density at radius 3 is 2.56 bits per heavy atom. The third-order valence-corrected chi connectivity index (χ3v) is 2.76. The maximum Gasteiger partial charge on any atom is 0.127 e. The molecule has 1 aromatic carbocycles. The van der Waals surface area contributed by atoms with Crippen LogP contribution in [0.4, 0.5) is 5.69 Å². The van der Waals surface area contributed by atoms with Crippen LogP contribution >= 0.6 is 0 Å². The van der Waals surface area contributed by atoms with E-state index in [1.807, 2.05) is 26.0 Å². The Morgan fingerprint density at radius 2 is 1.83 bits per heavy atom. The largest absolute Gasteiger partial charge is 0.493 e. The number of anilines is 1. The second kappa shape index (κ2) is 7.95. The standard InChI is InChI=1S/C14H23NO3/c1-11-5-6-13(15)12(2)14(11)18-8-4-7-17-10-9-16-3/h5-6H,4,7-10,15H2,1-3H3. The molecule has 0 aromatic heterocycles. The van der Waals surface area contributed by atoms with Crippen molar-refractivity contribution in [2.75, 3.05) is 39.3 Å². The molecule has 0 aliphatic heterocycles. The molecule has 0 spiro atoms. The predicted molar refractivity (Wildman–Crippen MR) is 73.1 cm³/mol. The van der Waals surface area contributed by atoms with Gasteiger partial charge in [-0.05, 0) is 25.5 Å². The molecule has 0 radical (unpaired) electrons. The van der Waals surface area contributed by atoms with Crippen LogP contribution in [0.25, 0.3) is 0 Å². The van der Waals surface area contributed by atoms with Gasteiger partial charge in [0.2, 0.25) is 0 Å². The van der Waals surface area contributed by atoms with Crippen molar-refractivity contribution in [3.05, 3.63) is 23.3 Å². The zero-order chi connectivity index (χ0) is 13.4. The Morgan fingerprint density at radius 1 is 1.06 bits per heavy atom. The Labute approximate surface area is 109 Å². The van der Waals surface area contributed by atoms with E-state index in [1.165, 1.54) is 0 Å². The van der Waals surface area contributed by atoms with Gasteiger partial charge in [-0.15, -0.1) is 0 Å². The summed E-state index contributed by atoms with van der Waals surface area (Å²) in [6, 6.07) is 3.89. The van der Waals surface area contributed by atoms with Crippen LogP contribution in [0.15, 0.2) is 12.1 Å². The molecular formula is C14H23NO3. The summed E-state index contributed by atoms with van der Waals surface area (Å²) >= 11 is 0. The topological polar surface area (TPSA) is 53.7 Å². The average Bonchev–Trinajstić information content (AvgIpc) is 2.36. The van der Waals surface area contributed by atoms with Crippen LogP contribution in [-0.4, -0.2) is 33.5 Å². The lowest BCUT2D eigenvalue weighted by Crippen LogP contribution is -2.08. The fourth-order valence-electron chi connectivity index (χ4n) is 1.64. The first-order valence-electron chi connectivity index (χ1n) is 6.22. The van der Waals surface area contributed by atoms with Gasteiger partial charge in [0.05, 0.1) is 19.8 Å². The minimum absolute atomic E-state index is 0.632. The average molecular weight is 253 g/mol. The molecule has 0 unspecified atom stereocenters. The summed E-state index contributed by atoms with van der Waals surface area (Å²) in [5.41, 5.74) is 8.75. The van der Waals surface area contributed by atoms with Gasteiger partial charge in [0.25, 0.3) is 0 Å². The number of rotatable bonds is 8. The monoisotopic (exact) mass is 253 g/mol. The summed E-state index contributed by atoms with van der Waals surface area (Å²) in [6.45, 7) is 6.59. The van der Waals surface area contributed by atoms with Gasteiger partial charge < -0.3 is 19.9 Å². The van der Waals surface area contributed by atoms with E-state index in [9.17, 15) is 0 Å². The van der Waals surface area contributed by atoms with Crippen molar-refractivity contribution >= 4 is 5.69 Å². The van der Waals surface area contributed by atoms with Crippen molar-refractivity contribution in [3.8, 4) is 5.75 Å². The molecule has 0 heterocycles. The van der Waals surface area contributed by atoms with Crippen molar-refractivity contribution in [3.63, 3.8) is 0 Å². The van der Waals surface area contributed by atoms with Crippen LogP contribution in [0.2, 0.25) is 0 Å². The van der Waals surface area contributed by atoms with Gasteiger partial charge in [-0.2, -0.15) is 0 Å². The van der Waals surface area contributed by atoms with Crippen molar-refractivity contribution in [1.29, 1.82) is 0 Å². The van der Waals surface area contributed by atoms with Crippen LogP contribution in [0, 0.1) is 13.8 Å². The van der Waals surface area contributed by atoms with Gasteiger partial charge in [-0.1, -0.05) is 6.07 Å². The zero-order valence-electron chi connectivity index (χ0n) is 11.5. The summed E-state index contributed by atoms with van der Waals surface area (Å²) in [5, 5.41) is 0. The van der Waals surface area contributed by atoms with Gasteiger partial charge >= 0.3 is 0 Å². The summed E-state index contributed by atoms with van der Waals surface area (Å²) in [7, 11) is 1.66. The fraction of sp³-hybridized carbons (Fsp3) is 0.571. The van der Waals surface area contributed by atoms with E-state index < -0.39 is 0 Å². The van der Waals surface area contributed by atoms with E-state index in [1.54, 1.807) is 7.11 Å². The molecule has 0 atom stereocenters. The molecule has 0 aliphatic carbocycles. The first-order valence-corrected chi connectivity index (χ1v) is 6.22. The van der Waals surface area contributed by atoms with E-state index >= 15 is 0 Å². The summed E-state index contributed by atoms with van der Waals surface area (Å²) in [4.78, 5) is 0.